The molecule has 5 N–H and O–H groups in total. The number of sulfonamides is 1. The molecule has 2 unspecified atom stereocenters. The smallest absolute Gasteiger partial charge is 0.414 e. The number of alkyl carbamates (subject to hydrolysis) is 2. The van der Waals surface area contributed by atoms with Crippen LogP contribution >= 0.6 is 0 Å². The number of carbonyl (C=O) groups excluding carboxylic acids is 3. The third-order valence-corrected chi connectivity index (χ3v) is 8.25. The van der Waals surface area contributed by atoms with E-state index in [4.69, 9.17) is 14.2 Å². The van der Waals surface area contributed by atoms with Crippen LogP contribution in [0, 0.1) is 20.8 Å². The lowest BCUT2D eigenvalue weighted by atomic mass is 10.0. The summed E-state index contributed by atoms with van der Waals surface area (Å²) in [6.45, 7) is 14.9. The van der Waals surface area contributed by atoms with Gasteiger partial charge in [0.15, 0.2) is 0 Å². The van der Waals surface area contributed by atoms with Gasteiger partial charge in [-0.2, -0.15) is 0 Å². The molecule has 2 rings (SSSR count). The normalized spacial score (nSPS) is 13.6. The Hall–Kier alpha value is -4.38. The van der Waals surface area contributed by atoms with Crippen molar-refractivity contribution in [3.05, 3.63) is 40.5 Å². The molecular weight excluding hydrogens is 648 g/mol. The van der Waals surface area contributed by atoms with Crippen molar-refractivity contribution in [2.45, 2.75) is 103 Å². The molecule has 1 heterocycles. The molecule has 0 radical (unpaired) electrons. The van der Waals surface area contributed by atoms with Gasteiger partial charge in [-0.25, -0.2) is 32.5 Å². The van der Waals surface area contributed by atoms with E-state index in [2.05, 4.69) is 35.1 Å². The van der Waals surface area contributed by atoms with Crippen LogP contribution in [0.2, 0.25) is 0 Å². The Morgan fingerprint density at radius 1 is 1.00 bits per heavy atom. The van der Waals surface area contributed by atoms with E-state index >= 15 is 0 Å². The van der Waals surface area contributed by atoms with E-state index < -0.39 is 57.5 Å². The van der Waals surface area contributed by atoms with E-state index in [-0.39, 0.29) is 35.8 Å². The SMILES string of the molecule is COC(=O)c1cnc(C(O)C(CCCN=C(NC(=O)OC(C)(C)C)NS(=O)(=O)c2c(C)cc(OC)c(C)c2C)NC(=O)OC(C)(C)C)[nH]1. The maximum Gasteiger partial charge on any atom is 0.414 e. The van der Waals surface area contributed by atoms with Crippen molar-refractivity contribution in [3.8, 4) is 5.75 Å². The standard InChI is InChI=1S/C31H48N6O10S/c1-17-15-22(44-10)18(2)19(3)24(17)48(42,43)37-27(36-29(41)47-31(7,8)9)32-14-12-13-20(35-28(40)46-30(4,5)6)23(38)25-33-16-21(34-25)26(39)45-11/h15-16,20,23,38H,12-14H2,1-11H3,(H,33,34)(H,35,40)(H2,32,36,37,41). The number of nitrogens with zero attached hydrogens (tertiary/aromatic N) is 2. The number of imidazole rings is 1. The predicted octanol–water partition coefficient (Wildman–Crippen LogP) is 3.70. The van der Waals surface area contributed by atoms with E-state index in [0.29, 0.717) is 22.4 Å². The summed E-state index contributed by atoms with van der Waals surface area (Å²) in [7, 11) is -1.59. The van der Waals surface area contributed by atoms with E-state index in [1.807, 2.05) is 0 Å². The molecule has 2 atom stereocenters. The summed E-state index contributed by atoms with van der Waals surface area (Å²) in [5.41, 5.74) is -0.226. The number of esters is 1. The largest absolute Gasteiger partial charge is 0.496 e. The molecule has 0 bridgehead atoms. The van der Waals surface area contributed by atoms with Crippen molar-refractivity contribution in [1.29, 1.82) is 0 Å². The maximum atomic E-state index is 13.6. The molecule has 0 fully saturated rings. The molecule has 48 heavy (non-hydrogen) atoms. The molecule has 2 aromatic rings. The Morgan fingerprint density at radius 2 is 1.60 bits per heavy atom. The van der Waals surface area contributed by atoms with Gasteiger partial charge in [-0.15, -0.1) is 0 Å². The first-order valence-corrected chi connectivity index (χ1v) is 16.6. The number of aromatic amines is 1. The summed E-state index contributed by atoms with van der Waals surface area (Å²) >= 11 is 0. The van der Waals surface area contributed by atoms with Crippen molar-refractivity contribution in [2.75, 3.05) is 20.8 Å². The minimum absolute atomic E-state index is 0.00478. The number of aliphatic hydroxyl groups is 1. The fourth-order valence-electron chi connectivity index (χ4n) is 4.48. The number of hydrogen-bond acceptors (Lipinski definition) is 12. The average molecular weight is 697 g/mol. The van der Waals surface area contributed by atoms with Crippen LogP contribution in [-0.2, 0) is 24.2 Å². The minimum atomic E-state index is -4.27. The number of hydrogen-bond donors (Lipinski definition) is 5. The molecule has 268 valence electrons. The van der Waals surface area contributed by atoms with Crippen LogP contribution in [0.25, 0.3) is 0 Å². The zero-order chi connectivity index (χ0) is 36.6. The average Bonchev–Trinajstić information content (AvgIpc) is 3.43. The van der Waals surface area contributed by atoms with Crippen molar-refractivity contribution in [2.24, 2.45) is 4.99 Å². The number of methoxy groups -OCH3 is 2. The Bertz CT molecular complexity index is 1610. The number of aromatic nitrogens is 2. The molecule has 0 aliphatic rings. The Balaban J connectivity index is 2.37. The summed E-state index contributed by atoms with van der Waals surface area (Å²) in [5.74, 6) is -0.588. The van der Waals surface area contributed by atoms with Crippen molar-refractivity contribution < 1.29 is 46.9 Å². The molecule has 1 aromatic heterocycles. The fourth-order valence-corrected chi connectivity index (χ4v) is 6.00. The zero-order valence-electron chi connectivity index (χ0n) is 29.4. The van der Waals surface area contributed by atoms with E-state index in [1.165, 1.54) is 20.4 Å². The highest BCUT2D eigenvalue weighted by Crippen LogP contribution is 2.30. The highest BCUT2D eigenvalue weighted by atomic mass is 32.2. The number of nitrogens with one attached hydrogen (secondary N) is 4. The predicted molar refractivity (Wildman–Crippen MR) is 176 cm³/mol. The van der Waals surface area contributed by atoms with Gasteiger partial charge >= 0.3 is 18.2 Å². The molecule has 0 saturated heterocycles. The van der Waals surface area contributed by atoms with Gasteiger partial charge in [-0.3, -0.25) is 10.3 Å². The molecule has 17 heteroatoms. The number of aliphatic hydroxyl groups excluding tert-OH is 1. The van der Waals surface area contributed by atoms with Crippen LogP contribution in [-0.4, -0.2) is 85.6 Å². The van der Waals surface area contributed by atoms with Gasteiger partial charge < -0.3 is 34.4 Å². The molecule has 2 amide bonds. The van der Waals surface area contributed by atoms with Crippen LogP contribution in [0.4, 0.5) is 9.59 Å². The molecular formula is C31H48N6O10S. The maximum absolute atomic E-state index is 13.6. The summed E-state index contributed by atoms with van der Waals surface area (Å²) < 4.78 is 50.3. The number of ether oxygens (including phenoxy) is 4. The van der Waals surface area contributed by atoms with Gasteiger partial charge in [0.25, 0.3) is 10.0 Å². The zero-order valence-corrected chi connectivity index (χ0v) is 30.2. The topological polar surface area (TPSA) is 220 Å². The summed E-state index contributed by atoms with van der Waals surface area (Å²) in [6, 6.07) is 0.615. The first-order chi connectivity index (χ1) is 22.1. The number of benzene rings is 1. The number of amides is 2. The van der Waals surface area contributed by atoms with E-state index in [9.17, 15) is 27.9 Å². The quantitative estimate of drug-likeness (QED) is 0.0750. The van der Waals surface area contributed by atoms with Gasteiger partial charge in [0.2, 0.25) is 5.96 Å². The fraction of sp³-hybridized carbons (Fsp3) is 0.581. The molecule has 0 aliphatic heterocycles. The number of carbonyl (C=O) groups is 3. The second-order valence-corrected chi connectivity index (χ2v) is 14.6. The molecule has 0 spiro atoms. The van der Waals surface area contributed by atoms with Gasteiger partial charge in [0.1, 0.15) is 34.6 Å². The van der Waals surface area contributed by atoms with Crippen LogP contribution in [0.1, 0.15) is 93.5 Å². The van der Waals surface area contributed by atoms with Crippen molar-refractivity contribution in [1.82, 2.24) is 25.3 Å². The molecule has 16 nitrogen and oxygen atoms in total. The highest BCUT2D eigenvalue weighted by molar-refractivity contribution is 7.90. The monoisotopic (exact) mass is 696 g/mol. The summed E-state index contributed by atoms with van der Waals surface area (Å²) in [5, 5.41) is 16.1. The summed E-state index contributed by atoms with van der Waals surface area (Å²) in [4.78, 5) is 48.1. The lowest BCUT2D eigenvalue weighted by Crippen LogP contribution is -2.46. The summed E-state index contributed by atoms with van der Waals surface area (Å²) in [6.07, 6.45) is -1.73. The number of H-pyrrole nitrogens is 1. The van der Waals surface area contributed by atoms with Crippen molar-refractivity contribution >= 4 is 34.1 Å². The van der Waals surface area contributed by atoms with Gasteiger partial charge in [-0.1, -0.05) is 0 Å². The van der Waals surface area contributed by atoms with Crippen LogP contribution in [0.15, 0.2) is 22.2 Å². The van der Waals surface area contributed by atoms with Gasteiger partial charge in [0, 0.05) is 6.54 Å². The highest BCUT2D eigenvalue weighted by Gasteiger charge is 2.29. The first-order valence-electron chi connectivity index (χ1n) is 15.1. The third kappa shape index (κ3) is 11.7. The second kappa shape index (κ2) is 16.1. The minimum Gasteiger partial charge on any atom is -0.496 e. The first kappa shape index (κ1) is 39.8. The third-order valence-electron chi connectivity index (χ3n) is 6.62. The van der Waals surface area contributed by atoms with E-state index in [0.717, 1.165) is 0 Å². The Labute approximate surface area is 281 Å². The number of rotatable bonds is 11. The Kier molecular flexibility index (Phi) is 13.4. The van der Waals surface area contributed by atoms with Gasteiger partial charge in [0.05, 0.1) is 31.4 Å². The van der Waals surface area contributed by atoms with Crippen LogP contribution < -0.4 is 20.1 Å². The van der Waals surface area contributed by atoms with Crippen LogP contribution in [0.5, 0.6) is 5.75 Å². The lowest BCUT2D eigenvalue weighted by molar-refractivity contribution is 0.0401. The van der Waals surface area contributed by atoms with Crippen molar-refractivity contribution in [3.63, 3.8) is 0 Å². The Morgan fingerprint density at radius 3 is 2.17 bits per heavy atom. The molecule has 0 saturated carbocycles. The van der Waals surface area contributed by atoms with E-state index in [1.54, 1.807) is 68.4 Å². The number of aliphatic imine (C=N–C) groups is 1. The number of aryl methyl sites for hydroxylation is 1. The van der Waals surface area contributed by atoms with Gasteiger partial charge in [-0.05, 0) is 97.9 Å². The lowest BCUT2D eigenvalue weighted by Gasteiger charge is -2.26. The molecule has 0 aliphatic carbocycles. The molecule has 1 aromatic carbocycles. The van der Waals surface area contributed by atoms with Crippen LogP contribution in [0.3, 0.4) is 0 Å². The second-order valence-electron chi connectivity index (χ2n) is 13.0. The number of guanidine groups is 1.